The van der Waals surface area contributed by atoms with Crippen molar-refractivity contribution in [3.05, 3.63) is 89.5 Å². The molecule has 0 saturated carbocycles. The Morgan fingerprint density at radius 1 is 1.18 bits per heavy atom. The molecule has 258 valence electrons. The third-order valence-electron chi connectivity index (χ3n) is 8.70. The minimum absolute atomic E-state index is 0.167. The average Bonchev–Trinajstić information content (AvgIpc) is 3.20. The maximum Gasteiger partial charge on any atom is 0.160 e. The van der Waals surface area contributed by atoms with Crippen molar-refractivity contribution in [1.29, 1.82) is 0 Å². The van der Waals surface area contributed by atoms with E-state index in [0.29, 0.717) is 51.9 Å². The number of allylic oxidation sites excluding steroid dienone is 5. The van der Waals surface area contributed by atoms with E-state index < -0.39 is 5.82 Å². The van der Waals surface area contributed by atoms with Crippen LogP contribution in [-0.2, 0) is 4.79 Å². The van der Waals surface area contributed by atoms with E-state index in [1.54, 1.807) is 35.6 Å². The van der Waals surface area contributed by atoms with Crippen molar-refractivity contribution in [1.82, 2.24) is 20.0 Å². The number of hydrazone groups is 1. The lowest BCUT2D eigenvalue weighted by Crippen LogP contribution is -2.29. The number of hydrogen-bond acceptors (Lipinski definition) is 9. The molecule has 0 spiro atoms. The molecule has 0 radical (unpaired) electrons. The topological polar surface area (TPSA) is 95.8 Å². The maximum absolute atomic E-state index is 15.7. The molecule has 1 aromatic carbocycles. The summed E-state index contributed by atoms with van der Waals surface area (Å²) in [5.41, 5.74) is 4.33. The summed E-state index contributed by atoms with van der Waals surface area (Å²) in [5.74, 6) is 2.84. The molecular formula is C38H45BrFN7O2. The van der Waals surface area contributed by atoms with Crippen LogP contribution in [0.1, 0.15) is 76.8 Å². The summed E-state index contributed by atoms with van der Waals surface area (Å²) in [4.78, 5) is 28.6. The highest BCUT2D eigenvalue weighted by atomic mass is 79.9. The molecule has 0 amide bonds. The molecule has 49 heavy (non-hydrogen) atoms. The van der Waals surface area contributed by atoms with Crippen LogP contribution >= 0.6 is 15.9 Å². The van der Waals surface area contributed by atoms with E-state index >= 15 is 4.39 Å². The first-order valence-electron chi connectivity index (χ1n) is 17.0. The summed E-state index contributed by atoms with van der Waals surface area (Å²) < 4.78 is 21.8. The number of carbonyl (C=O) groups excluding carboxylic acids is 1. The predicted molar refractivity (Wildman–Crippen MR) is 200 cm³/mol. The minimum Gasteiger partial charge on any atom is -0.457 e. The van der Waals surface area contributed by atoms with E-state index in [0.717, 1.165) is 61.4 Å². The van der Waals surface area contributed by atoms with Gasteiger partial charge in [0.1, 0.15) is 35.0 Å². The number of unbranched alkanes of at least 4 members (excludes halogenated alkanes) is 2. The summed E-state index contributed by atoms with van der Waals surface area (Å²) in [5, 5.41) is 9.94. The number of halogens is 2. The number of anilines is 3. The Morgan fingerprint density at radius 2 is 2.02 bits per heavy atom. The quantitative estimate of drug-likeness (QED) is 0.0805. The Hall–Kier alpha value is -4.38. The number of pyridine rings is 1. The van der Waals surface area contributed by atoms with Crippen molar-refractivity contribution in [2.24, 2.45) is 11.0 Å². The molecule has 2 aromatic heterocycles. The molecule has 0 bridgehead atoms. The zero-order valence-electron chi connectivity index (χ0n) is 28.9. The van der Waals surface area contributed by atoms with Gasteiger partial charge in [0, 0.05) is 49.4 Å². The second kappa shape index (κ2) is 16.8. The van der Waals surface area contributed by atoms with Gasteiger partial charge in [-0.15, -0.1) is 0 Å². The second-order valence-corrected chi connectivity index (χ2v) is 13.3. The Kier molecular flexibility index (Phi) is 12.3. The van der Waals surface area contributed by atoms with Gasteiger partial charge < -0.3 is 15.0 Å². The van der Waals surface area contributed by atoms with Gasteiger partial charge >= 0.3 is 0 Å². The van der Waals surface area contributed by atoms with Crippen LogP contribution in [0.15, 0.2) is 77.7 Å². The van der Waals surface area contributed by atoms with E-state index in [-0.39, 0.29) is 11.5 Å². The Balaban J connectivity index is 1.37. The monoisotopic (exact) mass is 729 g/mol. The van der Waals surface area contributed by atoms with Gasteiger partial charge in [-0.3, -0.25) is 4.79 Å². The Morgan fingerprint density at radius 3 is 2.80 bits per heavy atom. The lowest BCUT2D eigenvalue weighted by molar-refractivity contribution is -0.114. The summed E-state index contributed by atoms with van der Waals surface area (Å²) >= 11 is 3.32. The van der Waals surface area contributed by atoms with Gasteiger partial charge in [0.25, 0.3) is 0 Å². The molecule has 2 unspecified atom stereocenters. The van der Waals surface area contributed by atoms with Crippen molar-refractivity contribution < 1.29 is 13.9 Å². The summed E-state index contributed by atoms with van der Waals surface area (Å²) in [6.07, 6.45) is 18.5. The molecule has 9 nitrogen and oxygen atoms in total. The predicted octanol–water partition coefficient (Wildman–Crippen LogP) is 9.25. The van der Waals surface area contributed by atoms with Crippen LogP contribution in [0, 0.1) is 18.7 Å². The fraction of sp³-hybridized carbons (Fsp3) is 0.395. The van der Waals surface area contributed by atoms with Gasteiger partial charge in [-0.1, -0.05) is 48.4 Å². The van der Waals surface area contributed by atoms with Crippen LogP contribution in [0.25, 0.3) is 11.0 Å². The number of carbonyl (C=O) groups is 1. The molecule has 0 fully saturated rings. The highest BCUT2D eigenvalue weighted by molar-refractivity contribution is 9.09. The molecule has 2 aliphatic rings. The molecule has 2 aliphatic heterocycles. The number of nitrogens with one attached hydrogen (secondary N) is 1. The Bertz CT molecular complexity index is 1820. The summed E-state index contributed by atoms with van der Waals surface area (Å²) in [7, 11) is 0. The zero-order valence-corrected chi connectivity index (χ0v) is 30.5. The van der Waals surface area contributed by atoms with Crippen molar-refractivity contribution in [3.8, 4) is 5.75 Å². The average molecular weight is 731 g/mol. The van der Waals surface area contributed by atoms with Crippen molar-refractivity contribution >= 4 is 56.3 Å². The van der Waals surface area contributed by atoms with Gasteiger partial charge in [0.05, 0.1) is 16.9 Å². The highest BCUT2D eigenvalue weighted by Gasteiger charge is 2.27. The maximum atomic E-state index is 15.7. The third-order valence-corrected chi connectivity index (χ3v) is 9.07. The zero-order chi connectivity index (χ0) is 34.9. The number of benzene rings is 1. The summed E-state index contributed by atoms with van der Waals surface area (Å²) in [6.45, 7) is 11.9. The van der Waals surface area contributed by atoms with Gasteiger partial charge in [0.2, 0.25) is 0 Å². The fourth-order valence-electron chi connectivity index (χ4n) is 6.32. The number of alkyl halides is 1. The minimum atomic E-state index is -0.476. The normalized spacial score (nSPS) is 18.8. The Labute approximate surface area is 296 Å². The van der Waals surface area contributed by atoms with Gasteiger partial charge in [-0.25, -0.2) is 24.4 Å². The molecule has 1 N–H and O–H groups in total. The number of rotatable bonds is 13. The lowest BCUT2D eigenvalue weighted by Gasteiger charge is -2.26. The van der Waals surface area contributed by atoms with E-state index in [4.69, 9.17) is 9.72 Å². The molecular weight excluding hydrogens is 685 g/mol. The van der Waals surface area contributed by atoms with Crippen LogP contribution in [0.4, 0.5) is 21.7 Å². The number of aromatic nitrogens is 3. The van der Waals surface area contributed by atoms with E-state index in [9.17, 15) is 4.79 Å². The molecule has 3 aromatic rings. The first-order chi connectivity index (χ1) is 23.7. The number of fused-ring (bicyclic) bond motifs is 2. The van der Waals surface area contributed by atoms with Crippen molar-refractivity contribution in [2.75, 3.05) is 28.6 Å². The molecule has 11 heteroatoms. The molecule has 5 rings (SSSR count). The first kappa shape index (κ1) is 35.9. The lowest BCUT2D eigenvalue weighted by atomic mass is 9.93. The highest BCUT2D eigenvalue weighted by Crippen LogP contribution is 2.38. The fourth-order valence-corrected chi connectivity index (χ4v) is 6.51. The van der Waals surface area contributed by atoms with Gasteiger partial charge in [-0.2, -0.15) is 5.10 Å². The van der Waals surface area contributed by atoms with E-state index in [1.807, 2.05) is 39.0 Å². The summed E-state index contributed by atoms with van der Waals surface area (Å²) in [6, 6.07) is 5.22. The molecule has 2 atom stereocenters. The molecule has 0 saturated heterocycles. The standard InChI is InChI=1S/C38H45BrFN7O2/c1-6-28-20-30(14-17-47(28)43-7-2)49-35-22-32(40)33(19-27(35)5)44-37-36-34(41-24-42-37)21-31-26(4)18-25(3)23-46(38(31)45-36)16-10-8-9-12-29(48)13-11-15-39/h6-7,11,13-14,17,19-22,24-26H,8-10,12,15-16,18,23H2,1-5H3,(H,41,42,44)/b13-11+,28-6+,43-7-. The SMILES string of the molecule is C/C=N\N1C=CC(Oc2cc(F)c(Nc3ncnc4cc5c(nc34)N(CCCCCC(=O)/C=C/CBr)CC(C)CC5C)cc2C)=C/C1=C\C. The van der Waals surface area contributed by atoms with E-state index in [2.05, 4.69) is 61.1 Å². The second-order valence-electron chi connectivity index (χ2n) is 12.6. The molecule has 4 heterocycles. The van der Waals surface area contributed by atoms with Crippen LogP contribution in [-0.4, -0.2) is 50.4 Å². The first-order valence-corrected chi connectivity index (χ1v) is 18.1. The number of aryl methyl sites for hydroxylation is 1. The van der Waals surface area contributed by atoms with Gasteiger partial charge in [0.15, 0.2) is 11.6 Å². The van der Waals surface area contributed by atoms with Crippen LogP contribution in [0.5, 0.6) is 5.75 Å². The largest absolute Gasteiger partial charge is 0.457 e. The third kappa shape index (κ3) is 9.00. The van der Waals surface area contributed by atoms with Gasteiger partial charge in [-0.05, 0) is 87.3 Å². The van der Waals surface area contributed by atoms with Crippen LogP contribution in [0.3, 0.4) is 0 Å². The van der Waals surface area contributed by atoms with E-state index in [1.165, 1.54) is 12.4 Å². The number of ether oxygens (including phenoxy) is 1. The number of nitrogens with zero attached hydrogens (tertiary/aromatic N) is 6. The van der Waals surface area contributed by atoms with Crippen molar-refractivity contribution in [2.45, 2.75) is 72.6 Å². The smallest absolute Gasteiger partial charge is 0.160 e. The van der Waals surface area contributed by atoms with Crippen LogP contribution < -0.4 is 15.0 Å². The van der Waals surface area contributed by atoms with Crippen molar-refractivity contribution in [3.63, 3.8) is 0 Å². The number of ketones is 1. The number of hydrogen-bond donors (Lipinski definition) is 1. The van der Waals surface area contributed by atoms with Crippen LogP contribution in [0.2, 0.25) is 0 Å². The molecule has 0 aliphatic carbocycles.